The first-order valence-corrected chi connectivity index (χ1v) is 7.67. The fourth-order valence-electron chi connectivity index (χ4n) is 2.93. The molecule has 3 heteroatoms. The summed E-state index contributed by atoms with van der Waals surface area (Å²) in [5.74, 6) is 0.878. The van der Waals surface area contributed by atoms with Crippen molar-refractivity contribution < 1.29 is 14.6 Å². The van der Waals surface area contributed by atoms with E-state index in [0.717, 1.165) is 30.6 Å². The molecule has 20 heavy (non-hydrogen) atoms. The molecule has 2 atom stereocenters. The summed E-state index contributed by atoms with van der Waals surface area (Å²) in [4.78, 5) is 0. The Balaban J connectivity index is 1.82. The van der Waals surface area contributed by atoms with E-state index in [1.54, 1.807) is 0 Å². The minimum absolute atomic E-state index is 0.236. The van der Waals surface area contributed by atoms with E-state index in [4.69, 9.17) is 9.47 Å². The van der Waals surface area contributed by atoms with Gasteiger partial charge < -0.3 is 14.6 Å². The van der Waals surface area contributed by atoms with E-state index in [1.165, 1.54) is 0 Å². The van der Waals surface area contributed by atoms with Crippen molar-refractivity contribution in [2.45, 2.75) is 63.3 Å². The van der Waals surface area contributed by atoms with E-state index in [-0.39, 0.29) is 5.60 Å². The highest BCUT2D eigenvalue weighted by molar-refractivity contribution is 5.33. The molecule has 1 aromatic rings. The van der Waals surface area contributed by atoms with Gasteiger partial charge in [-0.25, -0.2) is 0 Å². The van der Waals surface area contributed by atoms with Crippen LogP contribution in [0.1, 0.15) is 51.5 Å². The molecule has 1 aromatic carbocycles. The van der Waals surface area contributed by atoms with Gasteiger partial charge in [0.2, 0.25) is 0 Å². The molecule has 2 fully saturated rings. The average molecular weight is 276 g/mol. The lowest BCUT2D eigenvalue weighted by Gasteiger charge is -2.43. The van der Waals surface area contributed by atoms with Crippen molar-refractivity contribution in [3.05, 3.63) is 29.8 Å². The second kappa shape index (κ2) is 5.05. The minimum Gasteiger partial charge on any atom is -0.490 e. The zero-order valence-corrected chi connectivity index (χ0v) is 12.4. The molecule has 0 radical (unpaired) electrons. The fourth-order valence-corrected chi connectivity index (χ4v) is 2.93. The van der Waals surface area contributed by atoms with Crippen molar-refractivity contribution in [2.75, 3.05) is 6.61 Å². The zero-order valence-electron chi connectivity index (χ0n) is 12.4. The van der Waals surface area contributed by atoms with Gasteiger partial charge in [-0.05, 0) is 43.9 Å². The smallest absolute Gasteiger partial charge is 0.120 e. The molecule has 1 saturated carbocycles. The molecule has 110 valence electrons. The molecular formula is C17H24O3. The molecule has 3 nitrogen and oxygen atoms in total. The molecule has 1 saturated heterocycles. The van der Waals surface area contributed by atoms with Gasteiger partial charge in [0.05, 0.1) is 23.9 Å². The highest BCUT2D eigenvalue weighted by atomic mass is 16.5. The van der Waals surface area contributed by atoms with Crippen LogP contribution in [0.5, 0.6) is 5.75 Å². The Morgan fingerprint density at radius 3 is 2.90 bits per heavy atom. The van der Waals surface area contributed by atoms with Crippen molar-refractivity contribution in [3.8, 4) is 5.75 Å². The third-order valence-corrected chi connectivity index (χ3v) is 4.58. The summed E-state index contributed by atoms with van der Waals surface area (Å²) >= 11 is 0. The Labute approximate surface area is 120 Å². The fraction of sp³-hybridized carbons (Fsp3) is 0.647. The second-order valence-corrected chi connectivity index (χ2v) is 6.46. The summed E-state index contributed by atoms with van der Waals surface area (Å²) in [5.41, 5.74) is -0.0784. The monoisotopic (exact) mass is 276 g/mol. The van der Waals surface area contributed by atoms with E-state index in [1.807, 2.05) is 24.3 Å². The topological polar surface area (TPSA) is 38.7 Å². The van der Waals surface area contributed by atoms with Crippen molar-refractivity contribution >= 4 is 0 Å². The Bertz CT molecular complexity index is 483. The van der Waals surface area contributed by atoms with Crippen LogP contribution in [0.4, 0.5) is 0 Å². The van der Waals surface area contributed by atoms with Crippen LogP contribution in [-0.4, -0.2) is 23.4 Å². The third kappa shape index (κ3) is 2.84. The van der Waals surface area contributed by atoms with Crippen molar-refractivity contribution in [3.63, 3.8) is 0 Å². The highest BCUT2D eigenvalue weighted by Gasteiger charge is 2.42. The number of ether oxygens (including phenoxy) is 2. The van der Waals surface area contributed by atoms with Crippen LogP contribution >= 0.6 is 0 Å². The maximum atomic E-state index is 11.0. The van der Waals surface area contributed by atoms with Crippen molar-refractivity contribution in [1.29, 1.82) is 0 Å². The molecule has 0 aromatic heterocycles. The molecule has 3 rings (SSSR count). The van der Waals surface area contributed by atoms with Crippen LogP contribution in [0.2, 0.25) is 0 Å². The summed E-state index contributed by atoms with van der Waals surface area (Å²) in [7, 11) is 0. The first kappa shape index (κ1) is 13.9. The van der Waals surface area contributed by atoms with E-state index >= 15 is 0 Å². The first-order chi connectivity index (χ1) is 9.53. The van der Waals surface area contributed by atoms with Crippen LogP contribution in [-0.2, 0) is 10.3 Å². The normalized spacial score (nSPS) is 34.0. The van der Waals surface area contributed by atoms with Gasteiger partial charge in [-0.2, -0.15) is 0 Å². The second-order valence-electron chi connectivity index (χ2n) is 6.46. The van der Waals surface area contributed by atoms with E-state index in [9.17, 15) is 5.11 Å². The summed E-state index contributed by atoms with van der Waals surface area (Å²) < 4.78 is 11.7. The molecule has 2 unspecified atom stereocenters. The molecule has 1 aliphatic carbocycles. The molecule has 1 heterocycles. The largest absolute Gasteiger partial charge is 0.490 e. The lowest BCUT2D eigenvalue weighted by Crippen LogP contribution is -2.45. The van der Waals surface area contributed by atoms with Gasteiger partial charge in [-0.3, -0.25) is 0 Å². The Morgan fingerprint density at radius 2 is 2.20 bits per heavy atom. The van der Waals surface area contributed by atoms with Crippen LogP contribution in [0.25, 0.3) is 0 Å². The SMILES string of the molecule is CCC1(C)CC(O)(c2cccc(OC3CC3)c2)CCO1. The average Bonchev–Trinajstić information content (AvgIpc) is 3.23. The van der Waals surface area contributed by atoms with Gasteiger partial charge in [0.25, 0.3) is 0 Å². The van der Waals surface area contributed by atoms with Crippen LogP contribution < -0.4 is 4.74 Å². The quantitative estimate of drug-likeness (QED) is 0.916. The van der Waals surface area contributed by atoms with Crippen LogP contribution in [0.3, 0.4) is 0 Å². The van der Waals surface area contributed by atoms with Gasteiger partial charge in [0.15, 0.2) is 0 Å². The predicted octanol–water partition coefficient (Wildman–Crippen LogP) is 3.39. The van der Waals surface area contributed by atoms with E-state index in [0.29, 0.717) is 25.6 Å². The Kier molecular flexibility index (Phi) is 3.51. The maximum Gasteiger partial charge on any atom is 0.120 e. The van der Waals surface area contributed by atoms with Gasteiger partial charge in [-0.1, -0.05) is 19.1 Å². The van der Waals surface area contributed by atoms with E-state index < -0.39 is 5.60 Å². The summed E-state index contributed by atoms with van der Waals surface area (Å²) in [5, 5.41) is 11.0. The Hall–Kier alpha value is -1.06. The van der Waals surface area contributed by atoms with Gasteiger partial charge in [-0.15, -0.1) is 0 Å². The van der Waals surface area contributed by atoms with Gasteiger partial charge in [0, 0.05) is 12.8 Å². The predicted molar refractivity (Wildman–Crippen MR) is 77.9 cm³/mol. The van der Waals surface area contributed by atoms with Crippen molar-refractivity contribution in [1.82, 2.24) is 0 Å². The Morgan fingerprint density at radius 1 is 1.40 bits per heavy atom. The number of aliphatic hydroxyl groups is 1. The number of hydrogen-bond donors (Lipinski definition) is 1. The summed E-state index contributed by atoms with van der Waals surface area (Å²) in [6, 6.07) is 7.95. The molecule has 2 aliphatic rings. The number of benzene rings is 1. The molecular weight excluding hydrogens is 252 g/mol. The first-order valence-electron chi connectivity index (χ1n) is 7.67. The standard InChI is InChI=1S/C17H24O3/c1-3-16(2)12-17(18,9-10-19-16)13-5-4-6-15(11-13)20-14-7-8-14/h4-6,11,14,18H,3,7-10,12H2,1-2H3. The summed E-state index contributed by atoms with van der Waals surface area (Å²) in [6.07, 6.45) is 4.88. The van der Waals surface area contributed by atoms with Crippen LogP contribution in [0, 0.1) is 0 Å². The summed E-state index contributed by atoms with van der Waals surface area (Å²) in [6.45, 7) is 4.80. The molecule has 0 bridgehead atoms. The number of rotatable bonds is 4. The molecule has 0 spiro atoms. The van der Waals surface area contributed by atoms with Crippen LogP contribution in [0.15, 0.2) is 24.3 Å². The number of hydrogen-bond acceptors (Lipinski definition) is 3. The van der Waals surface area contributed by atoms with Crippen molar-refractivity contribution in [2.24, 2.45) is 0 Å². The highest BCUT2D eigenvalue weighted by Crippen LogP contribution is 2.42. The molecule has 0 amide bonds. The lowest BCUT2D eigenvalue weighted by atomic mass is 9.77. The maximum absolute atomic E-state index is 11.0. The molecule has 1 aliphatic heterocycles. The molecule has 1 N–H and O–H groups in total. The third-order valence-electron chi connectivity index (χ3n) is 4.58. The van der Waals surface area contributed by atoms with E-state index in [2.05, 4.69) is 13.8 Å². The van der Waals surface area contributed by atoms with Gasteiger partial charge in [0.1, 0.15) is 5.75 Å². The minimum atomic E-state index is -0.800. The van der Waals surface area contributed by atoms with Gasteiger partial charge >= 0.3 is 0 Å². The lowest BCUT2D eigenvalue weighted by molar-refractivity contribution is -0.157. The zero-order chi connectivity index (χ0) is 14.2.